The molecule has 0 unspecified atom stereocenters. The van der Waals surface area contributed by atoms with Gasteiger partial charge in [0.1, 0.15) is 23.7 Å². The Bertz CT molecular complexity index is 1490. The largest absolute Gasteiger partial charge is 0.356 e. The van der Waals surface area contributed by atoms with Gasteiger partial charge in [-0.3, -0.25) is 29.0 Å². The smallest absolute Gasteiger partial charge is 0.247 e. The van der Waals surface area contributed by atoms with Gasteiger partial charge >= 0.3 is 0 Å². The highest BCUT2D eigenvalue weighted by Crippen LogP contribution is 2.22. The average molecular weight is 649 g/mol. The molecule has 0 radical (unpaired) electrons. The van der Waals surface area contributed by atoms with Crippen LogP contribution in [0.25, 0.3) is 10.8 Å². The van der Waals surface area contributed by atoms with Crippen LogP contribution in [0.2, 0.25) is 0 Å². The molecule has 0 saturated carbocycles. The number of guanidine groups is 1. The van der Waals surface area contributed by atoms with Crippen molar-refractivity contribution in [3.63, 3.8) is 0 Å². The maximum atomic E-state index is 13.9. The first-order valence-electron chi connectivity index (χ1n) is 16.5. The van der Waals surface area contributed by atoms with E-state index in [2.05, 4.69) is 42.2 Å². The maximum absolute atomic E-state index is 13.9. The summed E-state index contributed by atoms with van der Waals surface area (Å²) in [4.78, 5) is 72.0. The van der Waals surface area contributed by atoms with Gasteiger partial charge < -0.3 is 37.2 Å². The average Bonchev–Trinajstić information content (AvgIpc) is 3.06. The third-order valence-electron chi connectivity index (χ3n) is 8.53. The summed E-state index contributed by atoms with van der Waals surface area (Å²) in [5, 5.41) is 22.5. The lowest BCUT2D eigenvalue weighted by atomic mass is 9.93. The fraction of sp³-hybridized carbons (Fsp3) is 0.529. The Kier molecular flexibility index (Phi) is 12.2. The van der Waals surface area contributed by atoms with Crippen LogP contribution >= 0.6 is 0 Å². The summed E-state index contributed by atoms with van der Waals surface area (Å²) in [7, 11) is 0. The lowest BCUT2D eigenvalue weighted by Gasteiger charge is -2.33. The summed E-state index contributed by atoms with van der Waals surface area (Å²) in [5.74, 6) is -2.14. The van der Waals surface area contributed by atoms with Crippen molar-refractivity contribution in [2.24, 2.45) is 10.9 Å². The van der Waals surface area contributed by atoms with E-state index in [0.29, 0.717) is 24.5 Å². The number of hydrogen-bond acceptors (Lipinski definition) is 8. The van der Waals surface area contributed by atoms with E-state index in [1.165, 1.54) is 0 Å². The van der Waals surface area contributed by atoms with E-state index in [0.717, 1.165) is 30.3 Å². The van der Waals surface area contributed by atoms with Crippen LogP contribution in [0.1, 0.15) is 71.4 Å². The van der Waals surface area contributed by atoms with E-state index in [-0.39, 0.29) is 31.7 Å². The molecule has 2 aromatic rings. The Labute approximate surface area is 275 Å². The second kappa shape index (κ2) is 16.2. The fourth-order valence-electron chi connectivity index (χ4n) is 5.49. The van der Waals surface area contributed by atoms with Crippen LogP contribution in [0.3, 0.4) is 0 Å². The first kappa shape index (κ1) is 35.2. The van der Waals surface area contributed by atoms with Crippen LogP contribution in [0, 0.1) is 5.92 Å². The maximum Gasteiger partial charge on any atom is 0.247 e. The standard InChI is InChI=1S/C34H48N8O5/c1-5-25-29(44)41-27(24-14-13-22-10-6-7-11-23(22)20-24)31(46)35-19-15-34(4,42-28(43)21(2)3)32(47)40-26(30(45)39-25)12-8-16-36-33-37-17-9-18-38-33/h6-7,10-11,13-14,20-21,25-27H,5,8-9,12,15-19H2,1-4H3,(H,35,46)(H,39,45)(H,40,47)(H,41,44)(H,42,43)(H2,36,37,38)/t25-,26-,27+,34+/m0/s1. The Hall–Kier alpha value is -4.68. The predicted octanol–water partition coefficient (Wildman–Crippen LogP) is 1.15. The lowest BCUT2D eigenvalue weighted by Crippen LogP contribution is -2.63. The van der Waals surface area contributed by atoms with Crippen LogP contribution in [0.4, 0.5) is 0 Å². The number of carbonyl (C=O) groups excluding carboxylic acids is 5. The summed E-state index contributed by atoms with van der Waals surface area (Å²) < 4.78 is 0. The van der Waals surface area contributed by atoms with E-state index in [9.17, 15) is 24.0 Å². The summed E-state index contributed by atoms with van der Waals surface area (Å²) in [6.45, 7) is 8.87. The van der Waals surface area contributed by atoms with Crippen LogP contribution in [-0.4, -0.2) is 79.3 Å². The van der Waals surface area contributed by atoms with Crippen molar-refractivity contribution >= 4 is 46.3 Å². The number of carbonyl (C=O) groups is 5. The highest BCUT2D eigenvalue weighted by molar-refractivity contribution is 5.97. The molecule has 1 fully saturated rings. The monoisotopic (exact) mass is 648 g/mol. The number of fused-ring (bicyclic) bond motifs is 1. The van der Waals surface area contributed by atoms with Gasteiger partial charge in [-0.2, -0.15) is 0 Å². The number of amides is 5. The second-order valence-electron chi connectivity index (χ2n) is 12.6. The molecular formula is C34H48N8O5. The van der Waals surface area contributed by atoms with Gasteiger partial charge in [0.25, 0.3) is 0 Å². The number of aliphatic imine (C=N–C) groups is 1. The van der Waals surface area contributed by atoms with Crippen molar-refractivity contribution in [3.05, 3.63) is 48.0 Å². The van der Waals surface area contributed by atoms with Gasteiger partial charge in [-0.15, -0.1) is 0 Å². The molecule has 13 nitrogen and oxygen atoms in total. The van der Waals surface area contributed by atoms with Crippen LogP contribution in [0.5, 0.6) is 0 Å². The molecule has 13 heteroatoms. The Morgan fingerprint density at radius 3 is 2.38 bits per heavy atom. The number of nitrogens with zero attached hydrogens (tertiary/aromatic N) is 1. The Morgan fingerprint density at radius 2 is 1.68 bits per heavy atom. The molecule has 0 aliphatic carbocycles. The van der Waals surface area contributed by atoms with Crippen LogP contribution in [-0.2, 0) is 24.0 Å². The van der Waals surface area contributed by atoms with E-state index in [1.54, 1.807) is 33.8 Å². The highest BCUT2D eigenvalue weighted by Gasteiger charge is 2.39. The minimum absolute atomic E-state index is 0.0220. The normalized spacial score (nSPS) is 24.5. The number of benzene rings is 2. The molecule has 2 heterocycles. The third-order valence-corrected chi connectivity index (χ3v) is 8.53. The van der Waals surface area contributed by atoms with Gasteiger partial charge in [0.05, 0.1) is 0 Å². The summed E-state index contributed by atoms with van der Waals surface area (Å²) >= 11 is 0. The molecule has 0 aromatic heterocycles. The molecule has 5 amide bonds. The van der Waals surface area contributed by atoms with Crippen LogP contribution in [0.15, 0.2) is 47.5 Å². The van der Waals surface area contributed by atoms with Gasteiger partial charge in [-0.1, -0.05) is 57.2 Å². The minimum atomic E-state index is -1.44. The quantitative estimate of drug-likeness (QED) is 0.210. The summed E-state index contributed by atoms with van der Waals surface area (Å²) in [6.07, 6.45) is 2.03. The van der Waals surface area contributed by atoms with Crippen molar-refractivity contribution in [1.82, 2.24) is 37.2 Å². The molecule has 1 saturated heterocycles. The molecule has 0 spiro atoms. The van der Waals surface area contributed by atoms with E-state index in [4.69, 9.17) is 0 Å². The zero-order chi connectivity index (χ0) is 34.0. The van der Waals surface area contributed by atoms with Crippen molar-refractivity contribution in [3.8, 4) is 0 Å². The van der Waals surface area contributed by atoms with E-state index >= 15 is 0 Å². The molecule has 7 N–H and O–H groups in total. The van der Waals surface area contributed by atoms with Crippen molar-refractivity contribution in [2.45, 2.75) is 83.5 Å². The first-order valence-corrected chi connectivity index (χ1v) is 16.5. The second-order valence-corrected chi connectivity index (χ2v) is 12.6. The Balaban J connectivity index is 1.61. The molecule has 254 valence electrons. The molecule has 2 aliphatic heterocycles. The zero-order valence-corrected chi connectivity index (χ0v) is 27.7. The molecule has 2 aliphatic rings. The third kappa shape index (κ3) is 9.43. The number of nitrogens with one attached hydrogen (secondary N) is 7. The summed E-state index contributed by atoms with van der Waals surface area (Å²) in [6, 6.07) is 10.2. The SMILES string of the molecule is CC[C@@H]1NC(=O)[C@H](CCCNC2=NCCCN2)NC(=O)[C@](C)(NC(=O)C(C)C)CCNC(=O)[C@@H](c2ccc3ccccc3c2)NC1=O. The Morgan fingerprint density at radius 1 is 0.936 bits per heavy atom. The summed E-state index contributed by atoms with van der Waals surface area (Å²) in [5.41, 5.74) is -0.874. The molecule has 2 aromatic carbocycles. The molecule has 4 atom stereocenters. The zero-order valence-electron chi connectivity index (χ0n) is 27.7. The van der Waals surface area contributed by atoms with Gasteiger partial charge in [0.2, 0.25) is 29.5 Å². The predicted molar refractivity (Wildman–Crippen MR) is 180 cm³/mol. The van der Waals surface area contributed by atoms with Gasteiger partial charge in [0, 0.05) is 32.1 Å². The number of hydrogen-bond donors (Lipinski definition) is 7. The molecule has 4 rings (SSSR count). The van der Waals surface area contributed by atoms with Crippen LogP contribution < -0.4 is 37.2 Å². The first-order chi connectivity index (χ1) is 22.5. The van der Waals surface area contributed by atoms with Crippen molar-refractivity contribution < 1.29 is 24.0 Å². The number of rotatable bonds is 8. The molecule has 47 heavy (non-hydrogen) atoms. The fourth-order valence-corrected chi connectivity index (χ4v) is 5.49. The van der Waals surface area contributed by atoms with E-state index < -0.39 is 53.2 Å². The molecule has 0 bridgehead atoms. The topological polar surface area (TPSA) is 182 Å². The van der Waals surface area contributed by atoms with E-state index in [1.807, 2.05) is 36.4 Å². The van der Waals surface area contributed by atoms with Gasteiger partial charge in [-0.05, 0) is 61.4 Å². The van der Waals surface area contributed by atoms with Crippen molar-refractivity contribution in [2.75, 3.05) is 26.2 Å². The minimum Gasteiger partial charge on any atom is -0.356 e. The van der Waals surface area contributed by atoms with Crippen molar-refractivity contribution in [1.29, 1.82) is 0 Å². The highest BCUT2D eigenvalue weighted by atomic mass is 16.2. The lowest BCUT2D eigenvalue weighted by molar-refractivity contribution is -0.138. The molecular weight excluding hydrogens is 600 g/mol. The van der Waals surface area contributed by atoms with Gasteiger partial charge in [-0.25, -0.2) is 0 Å². The van der Waals surface area contributed by atoms with Gasteiger partial charge in [0.15, 0.2) is 5.96 Å².